The van der Waals surface area contributed by atoms with E-state index in [9.17, 15) is 4.79 Å². The standard InChI is InChI=1S/C26H25N5O2S/c1-3-19-9-11-20(12-10-19)17-27-28-24(32)18-34-26-30-29-25(21-13-15-23(33-2)16-14-21)31(26)22-7-5-4-6-8-22/h4-17H,3,18H2,1-2H3,(H,28,32)/b27-17-. The van der Waals surface area contributed by atoms with Crippen molar-refractivity contribution in [3.8, 4) is 22.8 Å². The van der Waals surface area contributed by atoms with Crippen molar-refractivity contribution in [1.82, 2.24) is 20.2 Å². The lowest BCUT2D eigenvalue weighted by atomic mass is 10.1. The molecule has 3 aromatic carbocycles. The van der Waals surface area contributed by atoms with Crippen molar-refractivity contribution < 1.29 is 9.53 Å². The number of thioether (sulfide) groups is 1. The number of hydrogen-bond acceptors (Lipinski definition) is 6. The van der Waals surface area contributed by atoms with E-state index in [4.69, 9.17) is 4.74 Å². The summed E-state index contributed by atoms with van der Waals surface area (Å²) in [6.07, 6.45) is 2.62. The molecule has 4 rings (SSSR count). The normalized spacial score (nSPS) is 11.0. The molecule has 1 N–H and O–H groups in total. The number of ether oxygens (including phenoxy) is 1. The van der Waals surface area contributed by atoms with Gasteiger partial charge in [0.2, 0.25) is 0 Å². The van der Waals surface area contributed by atoms with Crippen LogP contribution in [-0.2, 0) is 11.2 Å². The minimum absolute atomic E-state index is 0.152. The Morgan fingerprint density at radius 1 is 1.03 bits per heavy atom. The number of aromatic nitrogens is 3. The van der Waals surface area contributed by atoms with Crippen LogP contribution in [0.3, 0.4) is 0 Å². The molecule has 0 radical (unpaired) electrons. The molecule has 0 atom stereocenters. The zero-order valence-corrected chi connectivity index (χ0v) is 19.8. The Morgan fingerprint density at radius 3 is 2.44 bits per heavy atom. The third-order valence-corrected chi connectivity index (χ3v) is 6.05. The molecule has 7 nitrogen and oxygen atoms in total. The van der Waals surface area contributed by atoms with Gasteiger partial charge < -0.3 is 4.74 Å². The molecule has 0 unspecified atom stereocenters. The van der Waals surface area contributed by atoms with E-state index in [0.717, 1.165) is 29.0 Å². The molecule has 4 aromatic rings. The minimum Gasteiger partial charge on any atom is -0.497 e. The predicted octanol–water partition coefficient (Wildman–Crippen LogP) is 4.75. The van der Waals surface area contributed by atoms with E-state index in [-0.39, 0.29) is 11.7 Å². The zero-order valence-electron chi connectivity index (χ0n) is 19.0. The van der Waals surface area contributed by atoms with E-state index in [1.54, 1.807) is 13.3 Å². The lowest BCUT2D eigenvalue weighted by molar-refractivity contribution is -0.118. The van der Waals surface area contributed by atoms with Crippen molar-refractivity contribution in [2.45, 2.75) is 18.5 Å². The molecule has 1 heterocycles. The molecular formula is C26H25N5O2S. The number of hydrazone groups is 1. The van der Waals surface area contributed by atoms with Crippen LogP contribution in [0.25, 0.3) is 17.1 Å². The lowest BCUT2D eigenvalue weighted by Crippen LogP contribution is -2.20. The fourth-order valence-corrected chi connectivity index (χ4v) is 4.03. The summed E-state index contributed by atoms with van der Waals surface area (Å²) < 4.78 is 7.20. The number of nitrogens with zero attached hydrogens (tertiary/aromatic N) is 4. The van der Waals surface area contributed by atoms with Gasteiger partial charge in [0.25, 0.3) is 5.91 Å². The Balaban J connectivity index is 1.47. The van der Waals surface area contributed by atoms with Crippen LogP contribution in [0.2, 0.25) is 0 Å². The summed E-state index contributed by atoms with van der Waals surface area (Å²) in [5.74, 6) is 1.38. The molecule has 0 saturated carbocycles. The Labute approximate surface area is 202 Å². The molecule has 0 bridgehead atoms. The van der Waals surface area contributed by atoms with Gasteiger partial charge >= 0.3 is 0 Å². The largest absolute Gasteiger partial charge is 0.497 e. The van der Waals surface area contributed by atoms with E-state index < -0.39 is 0 Å². The molecule has 0 fully saturated rings. The molecule has 8 heteroatoms. The van der Waals surface area contributed by atoms with Crippen LogP contribution in [-0.4, -0.2) is 39.7 Å². The second kappa shape index (κ2) is 11.3. The SMILES string of the molecule is CCc1ccc(/C=N\NC(=O)CSc2nnc(-c3ccc(OC)cc3)n2-c2ccccc2)cc1. The van der Waals surface area contributed by atoms with E-state index >= 15 is 0 Å². The van der Waals surface area contributed by atoms with Crippen LogP contribution < -0.4 is 10.2 Å². The number of methoxy groups -OCH3 is 1. The van der Waals surface area contributed by atoms with Crippen LogP contribution in [0.5, 0.6) is 5.75 Å². The second-order valence-electron chi connectivity index (χ2n) is 7.38. The van der Waals surface area contributed by atoms with Gasteiger partial charge in [0.15, 0.2) is 11.0 Å². The number of carbonyl (C=O) groups excluding carboxylic acids is 1. The molecule has 1 amide bonds. The Kier molecular flexibility index (Phi) is 7.72. The highest BCUT2D eigenvalue weighted by Gasteiger charge is 2.17. The van der Waals surface area contributed by atoms with E-state index in [1.165, 1.54) is 17.3 Å². The minimum atomic E-state index is -0.222. The van der Waals surface area contributed by atoms with E-state index in [0.29, 0.717) is 11.0 Å². The third kappa shape index (κ3) is 5.71. The van der Waals surface area contributed by atoms with Gasteiger partial charge in [-0.25, -0.2) is 5.43 Å². The molecular weight excluding hydrogens is 446 g/mol. The van der Waals surface area contributed by atoms with Crippen LogP contribution in [0.1, 0.15) is 18.1 Å². The maximum atomic E-state index is 12.4. The van der Waals surface area contributed by atoms with Gasteiger partial charge in [-0.05, 0) is 53.9 Å². The van der Waals surface area contributed by atoms with Gasteiger partial charge in [-0.3, -0.25) is 9.36 Å². The van der Waals surface area contributed by atoms with Crippen molar-refractivity contribution in [2.75, 3.05) is 12.9 Å². The maximum Gasteiger partial charge on any atom is 0.250 e. The van der Waals surface area contributed by atoms with Gasteiger partial charge in [-0.15, -0.1) is 10.2 Å². The van der Waals surface area contributed by atoms with Crippen molar-refractivity contribution in [1.29, 1.82) is 0 Å². The summed E-state index contributed by atoms with van der Waals surface area (Å²) >= 11 is 1.30. The highest BCUT2D eigenvalue weighted by Crippen LogP contribution is 2.28. The number of rotatable bonds is 9. The number of para-hydroxylation sites is 1. The highest BCUT2D eigenvalue weighted by molar-refractivity contribution is 7.99. The van der Waals surface area contributed by atoms with Gasteiger partial charge in [-0.1, -0.05) is 61.2 Å². The zero-order chi connectivity index (χ0) is 23.8. The maximum absolute atomic E-state index is 12.4. The Morgan fingerprint density at radius 2 is 1.76 bits per heavy atom. The number of benzene rings is 3. The van der Waals surface area contributed by atoms with Crippen LogP contribution >= 0.6 is 11.8 Å². The second-order valence-corrected chi connectivity index (χ2v) is 8.33. The smallest absolute Gasteiger partial charge is 0.250 e. The van der Waals surface area contributed by atoms with E-state index in [1.807, 2.05) is 71.3 Å². The molecule has 172 valence electrons. The molecule has 0 spiro atoms. The highest BCUT2D eigenvalue weighted by atomic mass is 32.2. The summed E-state index contributed by atoms with van der Waals surface area (Å²) in [7, 11) is 1.63. The predicted molar refractivity (Wildman–Crippen MR) is 136 cm³/mol. The third-order valence-electron chi connectivity index (χ3n) is 5.12. The van der Waals surface area contributed by atoms with Gasteiger partial charge in [0.1, 0.15) is 5.75 Å². The average molecular weight is 472 g/mol. The number of amides is 1. The number of carbonyl (C=O) groups is 1. The fourth-order valence-electron chi connectivity index (χ4n) is 3.28. The Hall–Kier alpha value is -3.91. The Bertz CT molecular complexity index is 1250. The van der Waals surface area contributed by atoms with Gasteiger partial charge in [0, 0.05) is 11.3 Å². The first-order chi connectivity index (χ1) is 16.7. The summed E-state index contributed by atoms with van der Waals surface area (Å²) in [6, 6.07) is 25.5. The van der Waals surface area contributed by atoms with Gasteiger partial charge in [0.05, 0.1) is 19.1 Å². The average Bonchev–Trinajstić information content (AvgIpc) is 3.32. The van der Waals surface area contributed by atoms with Crippen molar-refractivity contribution in [3.63, 3.8) is 0 Å². The van der Waals surface area contributed by atoms with Crippen molar-refractivity contribution in [2.24, 2.45) is 5.10 Å². The molecule has 1 aromatic heterocycles. The summed E-state index contributed by atoms with van der Waals surface area (Å²) in [6.45, 7) is 2.11. The summed E-state index contributed by atoms with van der Waals surface area (Å²) in [5, 5.41) is 13.4. The van der Waals surface area contributed by atoms with Crippen LogP contribution in [0, 0.1) is 0 Å². The summed E-state index contributed by atoms with van der Waals surface area (Å²) in [4.78, 5) is 12.4. The molecule has 0 saturated heterocycles. The first-order valence-corrected chi connectivity index (χ1v) is 11.9. The van der Waals surface area contributed by atoms with Crippen molar-refractivity contribution >= 4 is 23.9 Å². The van der Waals surface area contributed by atoms with Crippen LogP contribution in [0.15, 0.2) is 89.1 Å². The molecule has 0 aliphatic rings. The fraction of sp³-hybridized carbons (Fsp3) is 0.154. The molecule has 0 aliphatic heterocycles. The first kappa shape index (κ1) is 23.3. The number of nitrogens with one attached hydrogen (secondary N) is 1. The van der Waals surface area contributed by atoms with Crippen LogP contribution in [0.4, 0.5) is 0 Å². The monoisotopic (exact) mass is 471 g/mol. The summed E-state index contributed by atoms with van der Waals surface area (Å²) in [5.41, 5.74) is 6.57. The first-order valence-electron chi connectivity index (χ1n) is 10.9. The lowest BCUT2D eigenvalue weighted by Gasteiger charge is -2.10. The number of hydrogen-bond donors (Lipinski definition) is 1. The van der Waals surface area contributed by atoms with Crippen molar-refractivity contribution in [3.05, 3.63) is 90.0 Å². The molecule has 0 aliphatic carbocycles. The molecule has 34 heavy (non-hydrogen) atoms. The quantitative estimate of drug-likeness (QED) is 0.216. The number of aryl methyl sites for hydroxylation is 1. The van der Waals surface area contributed by atoms with Gasteiger partial charge in [-0.2, -0.15) is 5.10 Å². The topological polar surface area (TPSA) is 81.4 Å². The van der Waals surface area contributed by atoms with E-state index in [2.05, 4.69) is 39.8 Å².